The Hall–Kier alpha value is -2.07. The number of allylic oxidation sites excluding steroid dienone is 1. The van der Waals surface area contributed by atoms with Crippen molar-refractivity contribution in [2.24, 2.45) is 0 Å². The Morgan fingerprint density at radius 2 is 1.96 bits per heavy atom. The first-order valence-electron chi connectivity index (χ1n) is 8.31. The SMILES string of the molecule is C=CCc1ccccc1OCC(CN(CC=C)C(C)C)OC(C)=O. The zero-order valence-corrected chi connectivity index (χ0v) is 15.0. The van der Waals surface area contributed by atoms with Gasteiger partial charge in [-0.15, -0.1) is 13.2 Å². The van der Waals surface area contributed by atoms with Crippen molar-refractivity contribution in [2.75, 3.05) is 19.7 Å². The van der Waals surface area contributed by atoms with E-state index in [1.54, 1.807) is 0 Å². The maximum absolute atomic E-state index is 11.4. The molecule has 0 saturated carbocycles. The lowest BCUT2D eigenvalue weighted by Gasteiger charge is -2.29. The van der Waals surface area contributed by atoms with E-state index >= 15 is 0 Å². The summed E-state index contributed by atoms with van der Waals surface area (Å²) in [7, 11) is 0. The number of benzene rings is 1. The summed E-state index contributed by atoms with van der Waals surface area (Å²) < 4.78 is 11.4. The van der Waals surface area contributed by atoms with Gasteiger partial charge in [-0.1, -0.05) is 30.4 Å². The molecule has 1 rings (SSSR count). The standard InChI is InChI=1S/C20H29NO3/c1-6-10-18-11-8-9-12-20(18)23-15-19(24-17(5)22)14-21(13-7-2)16(3)4/h6-9,11-12,16,19H,1-2,10,13-15H2,3-5H3. The first kappa shape index (κ1) is 20.0. The van der Waals surface area contributed by atoms with Gasteiger partial charge in [-0.05, 0) is 31.9 Å². The lowest BCUT2D eigenvalue weighted by molar-refractivity contribution is -0.149. The minimum atomic E-state index is -0.332. The second kappa shape index (κ2) is 10.7. The molecule has 0 aromatic heterocycles. The van der Waals surface area contributed by atoms with E-state index in [-0.39, 0.29) is 12.1 Å². The van der Waals surface area contributed by atoms with Crippen LogP contribution in [0, 0.1) is 0 Å². The Morgan fingerprint density at radius 3 is 2.54 bits per heavy atom. The van der Waals surface area contributed by atoms with Crippen molar-refractivity contribution in [3.8, 4) is 5.75 Å². The van der Waals surface area contributed by atoms with Crippen molar-refractivity contribution in [3.05, 3.63) is 55.1 Å². The van der Waals surface area contributed by atoms with Crippen molar-refractivity contribution in [1.29, 1.82) is 0 Å². The number of hydrogen-bond acceptors (Lipinski definition) is 4. The van der Waals surface area contributed by atoms with Crippen LogP contribution in [0.1, 0.15) is 26.3 Å². The van der Waals surface area contributed by atoms with Gasteiger partial charge in [0.05, 0.1) is 0 Å². The smallest absolute Gasteiger partial charge is 0.303 e. The Labute approximate surface area is 145 Å². The molecule has 1 unspecified atom stereocenters. The number of carbonyl (C=O) groups is 1. The number of nitrogens with zero attached hydrogens (tertiary/aromatic N) is 1. The van der Waals surface area contributed by atoms with E-state index in [1.807, 2.05) is 36.4 Å². The molecule has 132 valence electrons. The lowest BCUT2D eigenvalue weighted by Crippen LogP contribution is -2.41. The monoisotopic (exact) mass is 331 g/mol. The third-order valence-electron chi connectivity index (χ3n) is 3.63. The van der Waals surface area contributed by atoms with Crippen LogP contribution in [0.25, 0.3) is 0 Å². The molecule has 0 N–H and O–H groups in total. The van der Waals surface area contributed by atoms with Gasteiger partial charge >= 0.3 is 5.97 Å². The number of carbonyl (C=O) groups excluding carboxylic acids is 1. The van der Waals surface area contributed by atoms with Crippen molar-refractivity contribution >= 4 is 5.97 Å². The fourth-order valence-corrected chi connectivity index (χ4v) is 2.43. The fraction of sp³-hybridized carbons (Fsp3) is 0.450. The van der Waals surface area contributed by atoms with Crippen LogP contribution in [-0.4, -0.2) is 42.7 Å². The number of para-hydroxylation sites is 1. The molecule has 4 nitrogen and oxygen atoms in total. The highest BCUT2D eigenvalue weighted by Gasteiger charge is 2.19. The molecule has 1 atom stereocenters. The van der Waals surface area contributed by atoms with Crippen LogP contribution in [0.3, 0.4) is 0 Å². The molecule has 1 aromatic rings. The van der Waals surface area contributed by atoms with E-state index in [0.29, 0.717) is 19.2 Å². The Bertz CT molecular complexity index is 539. The molecule has 0 aliphatic heterocycles. The van der Waals surface area contributed by atoms with E-state index in [9.17, 15) is 4.79 Å². The minimum absolute atomic E-state index is 0.301. The molecule has 0 spiro atoms. The van der Waals surface area contributed by atoms with Gasteiger partial charge in [-0.25, -0.2) is 0 Å². The van der Waals surface area contributed by atoms with Crippen molar-refractivity contribution < 1.29 is 14.3 Å². The fourth-order valence-electron chi connectivity index (χ4n) is 2.43. The third kappa shape index (κ3) is 7.01. The van der Waals surface area contributed by atoms with Crippen LogP contribution < -0.4 is 4.74 Å². The zero-order valence-electron chi connectivity index (χ0n) is 15.0. The van der Waals surface area contributed by atoms with Gasteiger partial charge in [-0.2, -0.15) is 0 Å². The van der Waals surface area contributed by atoms with Crippen LogP contribution in [0.15, 0.2) is 49.6 Å². The maximum Gasteiger partial charge on any atom is 0.303 e. The van der Waals surface area contributed by atoms with Crippen LogP contribution in [-0.2, 0) is 16.0 Å². The van der Waals surface area contributed by atoms with Crippen LogP contribution in [0.4, 0.5) is 0 Å². The quantitative estimate of drug-likeness (QED) is 0.458. The highest BCUT2D eigenvalue weighted by molar-refractivity contribution is 5.66. The summed E-state index contributed by atoms with van der Waals surface area (Å²) in [5.41, 5.74) is 1.07. The Morgan fingerprint density at radius 1 is 1.25 bits per heavy atom. The van der Waals surface area contributed by atoms with Gasteiger partial charge in [0.1, 0.15) is 18.5 Å². The van der Waals surface area contributed by atoms with Crippen molar-refractivity contribution in [3.63, 3.8) is 0 Å². The number of esters is 1. The van der Waals surface area contributed by atoms with E-state index in [0.717, 1.165) is 24.3 Å². The average Bonchev–Trinajstić information content (AvgIpc) is 2.53. The molecule has 0 saturated heterocycles. The maximum atomic E-state index is 11.4. The highest BCUT2D eigenvalue weighted by Crippen LogP contribution is 2.19. The number of hydrogen-bond donors (Lipinski definition) is 0. The van der Waals surface area contributed by atoms with Crippen LogP contribution in [0.5, 0.6) is 5.75 Å². The minimum Gasteiger partial charge on any atom is -0.489 e. The largest absolute Gasteiger partial charge is 0.489 e. The second-order valence-corrected chi connectivity index (χ2v) is 5.98. The van der Waals surface area contributed by atoms with E-state index < -0.39 is 0 Å². The second-order valence-electron chi connectivity index (χ2n) is 5.98. The molecule has 0 radical (unpaired) electrons. The van der Waals surface area contributed by atoms with Gasteiger partial charge in [0.25, 0.3) is 0 Å². The molecule has 4 heteroatoms. The average molecular weight is 331 g/mol. The molecular weight excluding hydrogens is 302 g/mol. The molecule has 24 heavy (non-hydrogen) atoms. The summed E-state index contributed by atoms with van der Waals surface area (Å²) in [5, 5.41) is 0. The van der Waals surface area contributed by atoms with Gasteiger partial charge in [0, 0.05) is 26.1 Å². The Kier molecular flexibility index (Phi) is 8.87. The van der Waals surface area contributed by atoms with E-state index in [1.165, 1.54) is 6.92 Å². The van der Waals surface area contributed by atoms with E-state index in [4.69, 9.17) is 9.47 Å². The molecule has 0 bridgehead atoms. The molecule has 0 fully saturated rings. The van der Waals surface area contributed by atoms with Gasteiger partial charge in [0.2, 0.25) is 0 Å². The van der Waals surface area contributed by atoms with Gasteiger partial charge < -0.3 is 9.47 Å². The first-order chi connectivity index (χ1) is 11.5. The Balaban J connectivity index is 2.77. The van der Waals surface area contributed by atoms with Crippen molar-refractivity contribution in [2.45, 2.75) is 39.3 Å². The van der Waals surface area contributed by atoms with Crippen molar-refractivity contribution in [1.82, 2.24) is 4.90 Å². The molecular formula is C20H29NO3. The molecule has 0 aliphatic rings. The highest BCUT2D eigenvalue weighted by atomic mass is 16.6. The third-order valence-corrected chi connectivity index (χ3v) is 3.63. The summed E-state index contributed by atoms with van der Waals surface area (Å²) in [6.07, 6.45) is 4.10. The molecule has 0 aliphatic carbocycles. The normalized spacial score (nSPS) is 12.0. The topological polar surface area (TPSA) is 38.8 Å². The number of rotatable bonds is 11. The number of ether oxygens (including phenoxy) is 2. The summed E-state index contributed by atoms with van der Waals surface area (Å²) in [6, 6.07) is 8.17. The molecule has 1 aromatic carbocycles. The van der Waals surface area contributed by atoms with E-state index in [2.05, 4.69) is 31.9 Å². The van der Waals surface area contributed by atoms with Gasteiger partial charge in [-0.3, -0.25) is 9.69 Å². The summed E-state index contributed by atoms with van der Waals surface area (Å²) in [4.78, 5) is 13.6. The summed E-state index contributed by atoms with van der Waals surface area (Å²) in [5.74, 6) is 0.500. The predicted molar refractivity (Wildman–Crippen MR) is 98.3 cm³/mol. The summed E-state index contributed by atoms with van der Waals surface area (Å²) >= 11 is 0. The molecule has 0 amide bonds. The van der Waals surface area contributed by atoms with Gasteiger partial charge in [0.15, 0.2) is 0 Å². The zero-order chi connectivity index (χ0) is 17.9. The van der Waals surface area contributed by atoms with Crippen LogP contribution >= 0.6 is 0 Å². The molecule has 0 heterocycles. The summed E-state index contributed by atoms with van der Waals surface area (Å²) in [6.45, 7) is 14.8. The van der Waals surface area contributed by atoms with Crippen LogP contribution in [0.2, 0.25) is 0 Å². The lowest BCUT2D eigenvalue weighted by atomic mass is 10.1. The first-order valence-corrected chi connectivity index (χ1v) is 8.31. The predicted octanol–water partition coefficient (Wildman–Crippen LogP) is 3.62.